The lowest BCUT2D eigenvalue weighted by atomic mass is 9.38. The molecule has 7 nitrogen and oxygen atoms in total. The molecule has 0 saturated heterocycles. The summed E-state index contributed by atoms with van der Waals surface area (Å²) in [6, 6.07) is 0. The molecule has 0 aromatic carbocycles. The number of aliphatic hydroxyl groups excluding tert-OH is 3. The standard InChI is InChI=1S/C24H36O7/c1-11-14-9-15(27)18-23(6)8-7-16(28)22(4,5)19(23)17(30-12(2)25)21(31-13(3)26)24(18,10-14)20(11)29/h14-21,27-29H,1,7-10H2,2-6H3. The Balaban J connectivity index is 1.99. The van der Waals surface area contributed by atoms with Gasteiger partial charge in [0.2, 0.25) is 0 Å². The van der Waals surface area contributed by atoms with E-state index in [1.165, 1.54) is 13.8 Å². The highest BCUT2D eigenvalue weighted by Gasteiger charge is 2.77. The fourth-order valence-corrected chi connectivity index (χ4v) is 8.40. The Morgan fingerprint density at radius 1 is 1.03 bits per heavy atom. The molecule has 4 aliphatic carbocycles. The van der Waals surface area contributed by atoms with Crippen molar-refractivity contribution < 1.29 is 34.4 Å². The van der Waals surface area contributed by atoms with E-state index in [2.05, 4.69) is 13.5 Å². The molecule has 4 aliphatic rings. The highest BCUT2D eigenvalue weighted by Crippen LogP contribution is 2.72. The zero-order valence-corrected chi connectivity index (χ0v) is 19.1. The van der Waals surface area contributed by atoms with Crippen molar-refractivity contribution in [1.29, 1.82) is 0 Å². The minimum atomic E-state index is -0.991. The van der Waals surface area contributed by atoms with Crippen molar-refractivity contribution >= 4 is 11.9 Å². The molecule has 10 unspecified atom stereocenters. The molecule has 0 aliphatic heterocycles. The SMILES string of the molecule is C=C1C2CC(O)C3C4(C)CCC(O)C(C)(C)C4C(OC(C)=O)C(OC(C)=O)C3(C2)C1O. The van der Waals surface area contributed by atoms with Gasteiger partial charge in [0.15, 0.2) is 0 Å². The molecule has 2 bridgehead atoms. The maximum absolute atomic E-state index is 12.2. The van der Waals surface area contributed by atoms with E-state index < -0.39 is 64.6 Å². The Morgan fingerprint density at radius 3 is 2.23 bits per heavy atom. The van der Waals surface area contributed by atoms with Crippen LogP contribution in [-0.4, -0.2) is 57.8 Å². The van der Waals surface area contributed by atoms with Gasteiger partial charge in [-0.15, -0.1) is 0 Å². The lowest BCUT2D eigenvalue weighted by Gasteiger charge is -2.68. The summed E-state index contributed by atoms with van der Waals surface area (Å²) in [6.07, 6.45) is -1.93. The number of hydrogen-bond donors (Lipinski definition) is 3. The van der Waals surface area contributed by atoms with E-state index in [1.54, 1.807) is 0 Å². The van der Waals surface area contributed by atoms with E-state index in [-0.39, 0.29) is 11.8 Å². The lowest BCUT2D eigenvalue weighted by molar-refractivity contribution is -0.302. The minimum absolute atomic E-state index is 0.0837. The number of esters is 2. The lowest BCUT2D eigenvalue weighted by Crippen LogP contribution is -2.74. The van der Waals surface area contributed by atoms with E-state index >= 15 is 0 Å². The Morgan fingerprint density at radius 2 is 1.65 bits per heavy atom. The number of hydrogen-bond acceptors (Lipinski definition) is 7. The van der Waals surface area contributed by atoms with E-state index in [0.717, 1.165) is 0 Å². The fourth-order valence-electron chi connectivity index (χ4n) is 8.40. The molecule has 31 heavy (non-hydrogen) atoms. The maximum atomic E-state index is 12.2. The number of fused-ring (bicyclic) bond motifs is 3. The van der Waals surface area contributed by atoms with Gasteiger partial charge in [-0.05, 0) is 48.0 Å². The third kappa shape index (κ3) is 2.89. The van der Waals surface area contributed by atoms with Crippen LogP contribution in [0.3, 0.4) is 0 Å². The molecule has 0 radical (unpaired) electrons. The summed E-state index contributed by atoms with van der Waals surface area (Å²) in [5.74, 6) is -1.89. The summed E-state index contributed by atoms with van der Waals surface area (Å²) >= 11 is 0. The van der Waals surface area contributed by atoms with Gasteiger partial charge in [0.05, 0.1) is 18.3 Å². The van der Waals surface area contributed by atoms with Crippen LogP contribution in [0, 0.1) is 34.0 Å². The van der Waals surface area contributed by atoms with Crippen LogP contribution in [-0.2, 0) is 19.1 Å². The summed E-state index contributed by atoms with van der Waals surface area (Å²) in [6.45, 7) is 12.7. The van der Waals surface area contributed by atoms with Crippen LogP contribution >= 0.6 is 0 Å². The van der Waals surface area contributed by atoms with Crippen LogP contribution in [0.5, 0.6) is 0 Å². The third-order valence-corrected chi connectivity index (χ3v) is 9.26. The quantitative estimate of drug-likeness (QED) is 0.448. The molecule has 0 amide bonds. The van der Waals surface area contributed by atoms with Gasteiger partial charge >= 0.3 is 11.9 Å². The first-order chi connectivity index (χ1) is 14.3. The highest BCUT2D eigenvalue weighted by molar-refractivity contribution is 5.68. The maximum Gasteiger partial charge on any atom is 0.303 e. The van der Waals surface area contributed by atoms with Crippen LogP contribution in [0.25, 0.3) is 0 Å². The zero-order chi connectivity index (χ0) is 23.1. The Kier molecular flexibility index (Phi) is 5.16. The Labute approximate surface area is 183 Å². The van der Waals surface area contributed by atoms with Crippen molar-refractivity contribution in [2.75, 3.05) is 0 Å². The Bertz CT molecular complexity index is 806. The van der Waals surface area contributed by atoms with Gasteiger partial charge in [0.25, 0.3) is 0 Å². The molecule has 4 fully saturated rings. The number of carbonyl (C=O) groups excluding carboxylic acids is 2. The van der Waals surface area contributed by atoms with Crippen molar-refractivity contribution in [3.63, 3.8) is 0 Å². The van der Waals surface area contributed by atoms with Gasteiger partial charge in [-0.2, -0.15) is 0 Å². The van der Waals surface area contributed by atoms with Gasteiger partial charge < -0.3 is 24.8 Å². The van der Waals surface area contributed by atoms with E-state index in [1.807, 2.05) is 13.8 Å². The summed E-state index contributed by atoms with van der Waals surface area (Å²) in [7, 11) is 0. The number of carbonyl (C=O) groups is 2. The van der Waals surface area contributed by atoms with Crippen LogP contribution < -0.4 is 0 Å². The van der Waals surface area contributed by atoms with Crippen LogP contribution in [0.2, 0.25) is 0 Å². The molecule has 174 valence electrons. The van der Waals surface area contributed by atoms with E-state index in [9.17, 15) is 24.9 Å². The summed E-state index contributed by atoms with van der Waals surface area (Å²) in [5, 5.41) is 33.8. The molecule has 3 N–H and O–H groups in total. The molecule has 1 spiro atoms. The second-order valence-corrected chi connectivity index (χ2v) is 11.2. The normalized spacial score (nSPS) is 50.3. The predicted molar refractivity (Wildman–Crippen MR) is 112 cm³/mol. The molecule has 4 rings (SSSR count). The predicted octanol–water partition coefficient (Wildman–Crippen LogP) is 1.97. The van der Waals surface area contributed by atoms with Crippen molar-refractivity contribution in [1.82, 2.24) is 0 Å². The van der Waals surface area contributed by atoms with Crippen molar-refractivity contribution in [3.8, 4) is 0 Å². The van der Waals surface area contributed by atoms with Gasteiger partial charge in [-0.3, -0.25) is 9.59 Å². The second kappa shape index (κ2) is 7.03. The molecule has 0 aromatic rings. The number of rotatable bonds is 2. The molecule has 10 atom stereocenters. The molecule has 7 heteroatoms. The summed E-state index contributed by atoms with van der Waals surface area (Å²) < 4.78 is 11.8. The molecule has 0 aromatic heterocycles. The topological polar surface area (TPSA) is 113 Å². The van der Waals surface area contributed by atoms with Gasteiger partial charge in [-0.1, -0.05) is 27.4 Å². The molecule has 4 saturated carbocycles. The highest BCUT2D eigenvalue weighted by atomic mass is 16.6. The molecule has 0 heterocycles. The first-order valence-corrected chi connectivity index (χ1v) is 11.4. The summed E-state index contributed by atoms with van der Waals surface area (Å²) in [4.78, 5) is 24.5. The van der Waals surface area contributed by atoms with E-state index in [0.29, 0.717) is 31.3 Å². The van der Waals surface area contributed by atoms with E-state index in [4.69, 9.17) is 9.47 Å². The van der Waals surface area contributed by atoms with Crippen LogP contribution in [0.15, 0.2) is 12.2 Å². The first-order valence-electron chi connectivity index (χ1n) is 11.4. The molecular formula is C24H36O7. The molecular weight excluding hydrogens is 400 g/mol. The van der Waals surface area contributed by atoms with Crippen LogP contribution in [0.4, 0.5) is 0 Å². The third-order valence-electron chi connectivity index (χ3n) is 9.26. The summed E-state index contributed by atoms with van der Waals surface area (Å²) in [5.41, 5.74) is -1.55. The second-order valence-electron chi connectivity index (χ2n) is 11.2. The van der Waals surface area contributed by atoms with Crippen molar-refractivity contribution in [2.24, 2.45) is 34.0 Å². The first kappa shape index (κ1) is 22.7. The largest absolute Gasteiger partial charge is 0.458 e. The average molecular weight is 437 g/mol. The number of ether oxygens (including phenoxy) is 2. The monoisotopic (exact) mass is 436 g/mol. The van der Waals surface area contributed by atoms with Crippen molar-refractivity contribution in [2.45, 2.75) is 90.8 Å². The van der Waals surface area contributed by atoms with Gasteiger partial charge in [0.1, 0.15) is 12.2 Å². The van der Waals surface area contributed by atoms with Gasteiger partial charge in [-0.25, -0.2) is 0 Å². The van der Waals surface area contributed by atoms with Gasteiger partial charge in [0, 0.05) is 31.1 Å². The fraction of sp³-hybridized carbons (Fsp3) is 0.833. The average Bonchev–Trinajstić information content (AvgIpc) is 2.83. The number of aliphatic hydroxyl groups is 3. The Hall–Kier alpha value is -1.44. The van der Waals surface area contributed by atoms with Crippen molar-refractivity contribution in [3.05, 3.63) is 12.2 Å². The zero-order valence-electron chi connectivity index (χ0n) is 19.1. The smallest absolute Gasteiger partial charge is 0.303 e. The van der Waals surface area contributed by atoms with Crippen LogP contribution in [0.1, 0.15) is 60.3 Å². The minimum Gasteiger partial charge on any atom is -0.458 e.